The first-order valence-electron chi connectivity index (χ1n) is 10.5. The molecule has 2 amide bonds. The van der Waals surface area contributed by atoms with Gasteiger partial charge in [-0.2, -0.15) is 0 Å². The van der Waals surface area contributed by atoms with E-state index >= 15 is 0 Å². The fourth-order valence-corrected chi connectivity index (χ4v) is 5.95. The van der Waals surface area contributed by atoms with E-state index in [-0.39, 0.29) is 24.3 Å². The van der Waals surface area contributed by atoms with Gasteiger partial charge in [0.05, 0.1) is 26.8 Å². The largest absolute Gasteiger partial charge is 0.454 e. The van der Waals surface area contributed by atoms with Crippen LogP contribution in [-0.2, 0) is 11.2 Å². The zero-order valence-electron chi connectivity index (χ0n) is 17.8. The van der Waals surface area contributed by atoms with E-state index in [0.29, 0.717) is 56.1 Å². The Morgan fingerprint density at radius 3 is 2.71 bits per heavy atom. The fraction of sp³-hybridized carbons (Fsp3) is 0.182. The average Bonchev–Trinajstić information content (AvgIpc) is 3.60. The van der Waals surface area contributed by atoms with E-state index in [1.165, 1.54) is 34.8 Å². The molecular formula is C22H15N5O6S2. The highest BCUT2D eigenvalue weighted by atomic mass is 32.1. The summed E-state index contributed by atoms with van der Waals surface area (Å²) >= 11 is 2.53. The molecule has 2 aliphatic rings. The molecule has 35 heavy (non-hydrogen) atoms. The van der Waals surface area contributed by atoms with Gasteiger partial charge in [0.25, 0.3) is 11.6 Å². The minimum absolute atomic E-state index is 0.0303. The van der Waals surface area contributed by atoms with Crippen LogP contribution in [0.4, 0.5) is 16.0 Å². The van der Waals surface area contributed by atoms with Crippen LogP contribution in [0.1, 0.15) is 33.3 Å². The Labute approximate surface area is 204 Å². The number of thiazole rings is 2. The van der Waals surface area contributed by atoms with Gasteiger partial charge >= 0.3 is 0 Å². The molecule has 0 radical (unpaired) electrons. The molecule has 1 aliphatic carbocycles. The van der Waals surface area contributed by atoms with Gasteiger partial charge in [0.1, 0.15) is 0 Å². The number of aromatic nitrogens is 2. The van der Waals surface area contributed by atoms with E-state index < -0.39 is 10.8 Å². The molecule has 1 aliphatic heterocycles. The lowest BCUT2D eigenvalue weighted by molar-refractivity contribution is -0.384. The molecule has 3 heterocycles. The van der Waals surface area contributed by atoms with Crippen LogP contribution < -0.4 is 20.1 Å². The van der Waals surface area contributed by atoms with Crippen molar-refractivity contribution in [2.45, 2.75) is 18.8 Å². The van der Waals surface area contributed by atoms with Gasteiger partial charge in [-0.1, -0.05) is 11.3 Å². The molecule has 0 saturated heterocycles. The van der Waals surface area contributed by atoms with E-state index in [4.69, 9.17) is 9.47 Å². The number of carbonyl (C=O) groups excluding carboxylic acids is 2. The Morgan fingerprint density at radius 1 is 1.03 bits per heavy atom. The molecule has 176 valence electrons. The number of aryl methyl sites for hydroxylation is 1. The molecule has 6 rings (SSSR count). The third-order valence-electron chi connectivity index (χ3n) is 5.70. The van der Waals surface area contributed by atoms with Gasteiger partial charge in [-0.3, -0.25) is 25.0 Å². The summed E-state index contributed by atoms with van der Waals surface area (Å²) in [7, 11) is 0. The van der Waals surface area contributed by atoms with E-state index in [1.807, 2.05) is 0 Å². The Balaban J connectivity index is 1.16. The normalized spacial score (nSPS) is 15.7. The SMILES string of the molecule is O=C(Nc1nc2c(s1)CCC2C(=O)Nc1nc2ccc([N+](=O)[O-])cc2s1)c1ccc2c(c1)OCO2. The molecule has 0 spiro atoms. The van der Waals surface area contributed by atoms with Crippen molar-refractivity contribution in [3.8, 4) is 11.5 Å². The summed E-state index contributed by atoms with van der Waals surface area (Å²) in [6.45, 7) is 0.125. The molecule has 2 aromatic heterocycles. The highest BCUT2D eigenvalue weighted by Gasteiger charge is 2.33. The van der Waals surface area contributed by atoms with E-state index in [0.717, 1.165) is 4.88 Å². The topological polar surface area (TPSA) is 146 Å². The summed E-state index contributed by atoms with van der Waals surface area (Å²) in [6.07, 6.45) is 1.28. The molecule has 0 fully saturated rings. The summed E-state index contributed by atoms with van der Waals surface area (Å²) < 4.78 is 11.2. The highest BCUT2D eigenvalue weighted by Crippen LogP contribution is 2.40. The smallest absolute Gasteiger partial charge is 0.270 e. The predicted octanol–water partition coefficient (Wildman–Crippen LogP) is 4.31. The number of amides is 2. The second-order valence-corrected chi connectivity index (χ2v) is 9.97. The van der Waals surface area contributed by atoms with Crippen LogP contribution >= 0.6 is 22.7 Å². The number of nitro groups is 1. The Morgan fingerprint density at radius 2 is 1.86 bits per heavy atom. The van der Waals surface area contributed by atoms with Crippen molar-refractivity contribution in [3.05, 3.63) is 62.6 Å². The predicted molar refractivity (Wildman–Crippen MR) is 129 cm³/mol. The van der Waals surface area contributed by atoms with Crippen LogP contribution in [0.2, 0.25) is 0 Å². The van der Waals surface area contributed by atoms with Crippen molar-refractivity contribution in [1.29, 1.82) is 0 Å². The standard InChI is InChI=1S/C22H15N5O6S2/c28-19(10-1-5-14-15(7-10)33-9-32-14)25-22-24-18-12(3-6-16(18)34-22)20(29)26-21-23-13-4-2-11(27(30)31)8-17(13)35-21/h1-2,4-5,7-8,12H,3,6,9H2,(H,23,26,29)(H,24,25,28). The van der Waals surface area contributed by atoms with Gasteiger partial charge in [0, 0.05) is 22.6 Å². The Hall–Kier alpha value is -4.10. The van der Waals surface area contributed by atoms with E-state index in [1.54, 1.807) is 24.3 Å². The summed E-state index contributed by atoms with van der Waals surface area (Å²) in [5.41, 5.74) is 1.60. The summed E-state index contributed by atoms with van der Waals surface area (Å²) in [5, 5.41) is 17.4. The van der Waals surface area contributed by atoms with Crippen LogP contribution in [0.25, 0.3) is 10.2 Å². The number of non-ortho nitro benzene ring substituents is 1. The highest BCUT2D eigenvalue weighted by molar-refractivity contribution is 7.22. The molecule has 0 saturated carbocycles. The molecule has 1 atom stereocenters. The van der Waals surface area contributed by atoms with Crippen molar-refractivity contribution in [3.63, 3.8) is 0 Å². The zero-order valence-corrected chi connectivity index (χ0v) is 19.4. The Bertz CT molecular complexity index is 1530. The number of rotatable bonds is 5. The number of nitrogens with one attached hydrogen (secondary N) is 2. The first-order valence-corrected chi connectivity index (χ1v) is 12.1. The number of anilines is 2. The second kappa shape index (κ2) is 8.29. The number of carbonyl (C=O) groups is 2. The molecule has 0 bridgehead atoms. The number of nitrogens with zero attached hydrogens (tertiary/aromatic N) is 3. The first-order chi connectivity index (χ1) is 16.9. The van der Waals surface area contributed by atoms with Gasteiger partial charge in [-0.25, -0.2) is 9.97 Å². The van der Waals surface area contributed by atoms with Crippen LogP contribution in [0.15, 0.2) is 36.4 Å². The maximum absolute atomic E-state index is 13.0. The van der Waals surface area contributed by atoms with E-state index in [2.05, 4.69) is 20.6 Å². The van der Waals surface area contributed by atoms with E-state index in [9.17, 15) is 19.7 Å². The number of hydrogen-bond donors (Lipinski definition) is 2. The number of nitro benzene ring substituents is 1. The molecule has 4 aromatic rings. The van der Waals surface area contributed by atoms with Gasteiger partial charge in [-0.15, -0.1) is 11.3 Å². The maximum atomic E-state index is 13.0. The van der Waals surface area contributed by atoms with Crippen LogP contribution in [0.5, 0.6) is 11.5 Å². The monoisotopic (exact) mass is 509 g/mol. The quantitative estimate of drug-likeness (QED) is 0.299. The van der Waals surface area contributed by atoms with Gasteiger partial charge in [-0.05, 0) is 37.1 Å². The Kier molecular flexibility index (Phi) is 5.07. The summed E-state index contributed by atoms with van der Waals surface area (Å²) in [5.74, 6) is 0.0470. The second-order valence-electron chi connectivity index (χ2n) is 7.86. The molecular weight excluding hydrogens is 494 g/mol. The number of ether oxygens (including phenoxy) is 2. The van der Waals surface area contributed by atoms with Crippen LogP contribution in [0.3, 0.4) is 0 Å². The summed E-state index contributed by atoms with van der Waals surface area (Å²) in [6, 6.07) is 9.31. The van der Waals surface area contributed by atoms with Gasteiger partial charge in [0.15, 0.2) is 21.8 Å². The van der Waals surface area contributed by atoms with Crippen LogP contribution in [-0.4, -0.2) is 33.5 Å². The van der Waals surface area contributed by atoms with Crippen molar-refractivity contribution in [1.82, 2.24) is 9.97 Å². The lowest BCUT2D eigenvalue weighted by Gasteiger charge is -2.08. The number of hydrogen-bond acceptors (Lipinski definition) is 10. The lowest BCUT2D eigenvalue weighted by atomic mass is 10.1. The minimum atomic E-state index is -0.473. The molecule has 11 nitrogen and oxygen atoms in total. The third kappa shape index (κ3) is 3.94. The minimum Gasteiger partial charge on any atom is -0.454 e. The number of fused-ring (bicyclic) bond motifs is 3. The van der Waals surface area contributed by atoms with Crippen molar-refractivity contribution >= 4 is 60.7 Å². The molecule has 1 unspecified atom stereocenters. The average molecular weight is 510 g/mol. The maximum Gasteiger partial charge on any atom is 0.270 e. The van der Waals surface area contributed by atoms with Crippen LogP contribution in [0, 0.1) is 10.1 Å². The van der Waals surface area contributed by atoms with Crippen molar-refractivity contribution in [2.75, 3.05) is 17.4 Å². The van der Waals surface area contributed by atoms with Crippen molar-refractivity contribution < 1.29 is 24.0 Å². The molecule has 2 aromatic carbocycles. The van der Waals surface area contributed by atoms with Gasteiger partial charge < -0.3 is 14.8 Å². The zero-order chi connectivity index (χ0) is 24.1. The third-order valence-corrected chi connectivity index (χ3v) is 7.68. The molecule has 13 heteroatoms. The van der Waals surface area contributed by atoms with Crippen molar-refractivity contribution in [2.24, 2.45) is 0 Å². The molecule has 2 N–H and O–H groups in total. The fourth-order valence-electron chi connectivity index (χ4n) is 4.02. The lowest BCUT2D eigenvalue weighted by Crippen LogP contribution is -2.20. The summed E-state index contributed by atoms with van der Waals surface area (Å²) in [4.78, 5) is 46.0. The first kappa shape index (κ1) is 21.4. The van der Waals surface area contributed by atoms with Gasteiger partial charge in [0.2, 0.25) is 12.7 Å². The number of benzene rings is 2.